The summed E-state index contributed by atoms with van der Waals surface area (Å²) in [5.41, 5.74) is 15.0. The number of anilines is 3. The van der Waals surface area contributed by atoms with Gasteiger partial charge in [-0.2, -0.15) is 4.98 Å². The first-order valence-electron chi connectivity index (χ1n) is 10.0. The molecule has 5 N–H and O–H groups in total. The van der Waals surface area contributed by atoms with Crippen molar-refractivity contribution in [3.05, 3.63) is 84.2 Å². The normalized spacial score (nSPS) is 10.5. The van der Waals surface area contributed by atoms with Gasteiger partial charge in [0.1, 0.15) is 23.0 Å². The third kappa shape index (κ3) is 4.99. The molecule has 0 saturated heterocycles. The molecule has 0 aliphatic carbocycles. The number of pyridine rings is 1. The summed E-state index contributed by atoms with van der Waals surface area (Å²) in [6, 6.07) is 20.5. The number of benzene rings is 2. The molecule has 0 atom stereocenters. The van der Waals surface area contributed by atoms with Gasteiger partial charge >= 0.3 is 0 Å². The molecule has 2 aromatic carbocycles. The second-order valence-corrected chi connectivity index (χ2v) is 7.05. The summed E-state index contributed by atoms with van der Waals surface area (Å²) in [5.74, 6) is 1.14. The summed E-state index contributed by atoms with van der Waals surface area (Å²) in [7, 11) is 0. The summed E-state index contributed by atoms with van der Waals surface area (Å²) in [6.07, 6.45) is 2.40. The quantitative estimate of drug-likeness (QED) is 0.401. The first kappa shape index (κ1) is 20.8. The van der Waals surface area contributed by atoms with E-state index in [-0.39, 0.29) is 11.6 Å². The van der Waals surface area contributed by atoms with Crippen LogP contribution in [0, 0.1) is 0 Å². The molecule has 2 aromatic heterocycles. The van der Waals surface area contributed by atoms with Gasteiger partial charge in [-0.25, -0.2) is 4.98 Å². The van der Waals surface area contributed by atoms with Gasteiger partial charge in [-0.3, -0.25) is 9.78 Å². The van der Waals surface area contributed by atoms with Crippen LogP contribution in [-0.4, -0.2) is 20.9 Å². The molecule has 0 aliphatic heterocycles. The fourth-order valence-corrected chi connectivity index (χ4v) is 3.16. The predicted molar refractivity (Wildman–Crippen MR) is 124 cm³/mol. The molecule has 0 spiro atoms. The van der Waals surface area contributed by atoms with Crippen LogP contribution in [0.15, 0.2) is 72.9 Å². The molecule has 4 aromatic rings. The highest BCUT2D eigenvalue weighted by atomic mass is 16.5. The van der Waals surface area contributed by atoms with Crippen molar-refractivity contribution in [2.45, 2.75) is 13.3 Å². The Labute approximate surface area is 185 Å². The highest BCUT2D eigenvalue weighted by molar-refractivity contribution is 5.91. The number of aryl methyl sites for hydroxylation is 1. The van der Waals surface area contributed by atoms with Gasteiger partial charge in [-0.05, 0) is 36.2 Å². The number of primary amides is 1. The molecule has 8 nitrogen and oxygen atoms in total. The largest absolute Gasteiger partial charge is 0.457 e. The standard InChI is InChI=1S/C24H22N6O2/c1-2-15-5-3-6-16(11-15)20-14-22(30-24(26)29-20)28-17-7-4-8-18(12-17)32-19-9-10-27-21(13-19)23(25)31/h3-14H,2H2,1H3,(H2,25,31)(H3,26,28,29,30). The summed E-state index contributed by atoms with van der Waals surface area (Å²) < 4.78 is 5.84. The van der Waals surface area contributed by atoms with Crippen LogP contribution in [-0.2, 0) is 6.42 Å². The zero-order chi connectivity index (χ0) is 22.5. The van der Waals surface area contributed by atoms with Crippen LogP contribution in [0.4, 0.5) is 17.5 Å². The van der Waals surface area contributed by atoms with E-state index < -0.39 is 5.91 Å². The van der Waals surface area contributed by atoms with Crippen LogP contribution in [0.3, 0.4) is 0 Å². The number of nitrogens with one attached hydrogen (secondary N) is 1. The minimum Gasteiger partial charge on any atom is -0.457 e. The molecule has 0 radical (unpaired) electrons. The number of amides is 1. The van der Waals surface area contributed by atoms with Gasteiger partial charge in [0.25, 0.3) is 5.91 Å². The molecule has 160 valence electrons. The Balaban J connectivity index is 1.56. The Morgan fingerprint density at radius 2 is 1.81 bits per heavy atom. The molecule has 8 heteroatoms. The van der Waals surface area contributed by atoms with E-state index >= 15 is 0 Å². The van der Waals surface area contributed by atoms with Crippen molar-refractivity contribution in [3.63, 3.8) is 0 Å². The van der Waals surface area contributed by atoms with Gasteiger partial charge in [0, 0.05) is 35.6 Å². The molecule has 0 saturated carbocycles. The smallest absolute Gasteiger partial charge is 0.267 e. The maximum Gasteiger partial charge on any atom is 0.267 e. The minimum atomic E-state index is -0.618. The second-order valence-electron chi connectivity index (χ2n) is 7.05. The summed E-state index contributed by atoms with van der Waals surface area (Å²) >= 11 is 0. The highest BCUT2D eigenvalue weighted by Gasteiger charge is 2.08. The van der Waals surface area contributed by atoms with Gasteiger partial charge in [0.15, 0.2) is 0 Å². The first-order valence-corrected chi connectivity index (χ1v) is 10.0. The molecular formula is C24H22N6O2. The number of hydrogen-bond acceptors (Lipinski definition) is 7. The van der Waals surface area contributed by atoms with E-state index in [1.165, 1.54) is 17.8 Å². The maximum absolute atomic E-state index is 11.3. The SMILES string of the molecule is CCc1cccc(-c2cc(Nc3cccc(Oc4ccnc(C(N)=O)c4)c3)nc(N)n2)c1. The van der Waals surface area contributed by atoms with E-state index in [0.717, 1.165) is 23.4 Å². The lowest BCUT2D eigenvalue weighted by atomic mass is 10.1. The van der Waals surface area contributed by atoms with Crippen molar-refractivity contribution in [1.29, 1.82) is 0 Å². The molecular weight excluding hydrogens is 404 g/mol. The van der Waals surface area contributed by atoms with E-state index in [1.807, 2.05) is 30.3 Å². The van der Waals surface area contributed by atoms with Crippen LogP contribution >= 0.6 is 0 Å². The predicted octanol–water partition coefficient (Wildman–Crippen LogP) is 4.32. The monoisotopic (exact) mass is 426 g/mol. The highest BCUT2D eigenvalue weighted by Crippen LogP contribution is 2.27. The molecule has 0 bridgehead atoms. The van der Waals surface area contributed by atoms with Crippen molar-refractivity contribution < 1.29 is 9.53 Å². The van der Waals surface area contributed by atoms with Crippen molar-refractivity contribution in [3.8, 4) is 22.8 Å². The summed E-state index contributed by atoms with van der Waals surface area (Å²) in [4.78, 5) is 23.9. The number of ether oxygens (including phenoxy) is 1. The average molecular weight is 426 g/mol. The van der Waals surface area contributed by atoms with Gasteiger partial charge in [0.2, 0.25) is 5.95 Å². The maximum atomic E-state index is 11.3. The van der Waals surface area contributed by atoms with Gasteiger partial charge in [0.05, 0.1) is 5.69 Å². The summed E-state index contributed by atoms with van der Waals surface area (Å²) in [6.45, 7) is 2.11. The molecule has 32 heavy (non-hydrogen) atoms. The number of nitrogens with zero attached hydrogens (tertiary/aromatic N) is 3. The third-order valence-corrected chi connectivity index (χ3v) is 4.70. The fourth-order valence-electron chi connectivity index (χ4n) is 3.16. The van der Waals surface area contributed by atoms with E-state index in [1.54, 1.807) is 18.2 Å². The van der Waals surface area contributed by atoms with Gasteiger partial charge < -0.3 is 21.5 Å². The number of carbonyl (C=O) groups excluding carboxylic acids is 1. The van der Waals surface area contributed by atoms with Crippen molar-refractivity contribution in [2.24, 2.45) is 5.73 Å². The number of rotatable bonds is 7. The van der Waals surface area contributed by atoms with E-state index in [4.69, 9.17) is 16.2 Å². The van der Waals surface area contributed by atoms with Crippen molar-refractivity contribution in [2.75, 3.05) is 11.1 Å². The average Bonchev–Trinajstić information content (AvgIpc) is 2.79. The van der Waals surface area contributed by atoms with E-state index in [0.29, 0.717) is 17.3 Å². The molecule has 0 fully saturated rings. The van der Waals surface area contributed by atoms with E-state index in [2.05, 4.69) is 39.3 Å². The fraction of sp³-hybridized carbons (Fsp3) is 0.0833. The topological polar surface area (TPSA) is 129 Å². The Bertz CT molecular complexity index is 1270. The molecule has 2 heterocycles. The zero-order valence-electron chi connectivity index (χ0n) is 17.4. The van der Waals surface area contributed by atoms with Crippen molar-refractivity contribution in [1.82, 2.24) is 15.0 Å². The third-order valence-electron chi connectivity index (χ3n) is 4.70. The number of carbonyl (C=O) groups is 1. The molecule has 1 amide bonds. The van der Waals surface area contributed by atoms with Crippen LogP contribution in [0.2, 0.25) is 0 Å². The number of nitrogen functional groups attached to an aromatic ring is 1. The van der Waals surface area contributed by atoms with Crippen molar-refractivity contribution >= 4 is 23.4 Å². The van der Waals surface area contributed by atoms with E-state index in [9.17, 15) is 4.79 Å². The van der Waals surface area contributed by atoms with Crippen LogP contribution in [0.25, 0.3) is 11.3 Å². The second kappa shape index (κ2) is 9.13. The Morgan fingerprint density at radius 1 is 1.00 bits per heavy atom. The zero-order valence-corrected chi connectivity index (χ0v) is 17.4. The molecule has 0 unspecified atom stereocenters. The lowest BCUT2D eigenvalue weighted by Gasteiger charge is -2.11. The van der Waals surface area contributed by atoms with Gasteiger partial charge in [-0.15, -0.1) is 0 Å². The Hall–Kier alpha value is -4.46. The van der Waals surface area contributed by atoms with Crippen LogP contribution in [0.1, 0.15) is 23.0 Å². The lowest BCUT2D eigenvalue weighted by molar-refractivity contribution is 0.0995. The minimum absolute atomic E-state index is 0.132. The number of hydrogen-bond donors (Lipinski definition) is 3. The van der Waals surface area contributed by atoms with Gasteiger partial charge in [-0.1, -0.05) is 31.2 Å². The Morgan fingerprint density at radius 3 is 2.62 bits per heavy atom. The Kier molecular flexibility index (Phi) is 5.94. The summed E-state index contributed by atoms with van der Waals surface area (Å²) in [5, 5.41) is 3.24. The van der Waals surface area contributed by atoms with Crippen LogP contribution < -0.4 is 21.5 Å². The number of nitrogens with two attached hydrogens (primary N) is 2. The van der Waals surface area contributed by atoms with Crippen LogP contribution in [0.5, 0.6) is 11.5 Å². The molecule has 4 rings (SSSR count). The number of aromatic nitrogens is 3. The first-order chi connectivity index (χ1) is 15.5. The lowest BCUT2D eigenvalue weighted by Crippen LogP contribution is -2.12. The molecule has 0 aliphatic rings.